The van der Waals surface area contributed by atoms with Crippen LogP contribution in [0.5, 0.6) is 0 Å². The maximum absolute atomic E-state index is 7.45. The fourth-order valence-corrected chi connectivity index (χ4v) is 2.22. The average molecular weight is 221 g/mol. The van der Waals surface area contributed by atoms with Crippen molar-refractivity contribution < 1.29 is 0 Å². The minimum atomic E-state index is 0.265. The molecule has 0 amide bonds. The lowest BCUT2D eigenvalue weighted by Gasteiger charge is -2.32. The van der Waals surface area contributed by atoms with Crippen LogP contribution in [0.25, 0.3) is 0 Å². The third-order valence-electron chi connectivity index (χ3n) is 3.25. The van der Waals surface area contributed by atoms with Crippen molar-refractivity contribution in [2.24, 2.45) is 11.7 Å². The highest BCUT2D eigenvalue weighted by Crippen LogP contribution is 2.21. The standard InChI is InChI=1S/C11H19N5/c1-2-15-8-5-14-11(15)16-6-3-9(4-7-16)10(12)13/h5,8-9H,2-4,6-7H2,1H3,(H3,12,13). The summed E-state index contributed by atoms with van der Waals surface area (Å²) in [7, 11) is 0. The third-order valence-corrected chi connectivity index (χ3v) is 3.25. The molecule has 1 fully saturated rings. The number of aryl methyl sites for hydroxylation is 1. The lowest BCUT2D eigenvalue weighted by molar-refractivity contribution is 0.486. The molecule has 0 unspecified atom stereocenters. The van der Waals surface area contributed by atoms with Crippen molar-refractivity contribution in [2.75, 3.05) is 18.0 Å². The van der Waals surface area contributed by atoms with Gasteiger partial charge in [-0.25, -0.2) is 4.98 Å². The van der Waals surface area contributed by atoms with Crippen LogP contribution in [0.2, 0.25) is 0 Å². The molecule has 1 aliphatic heterocycles. The molecule has 5 nitrogen and oxygen atoms in total. The van der Waals surface area contributed by atoms with Crippen molar-refractivity contribution in [3.8, 4) is 0 Å². The number of aromatic nitrogens is 2. The fourth-order valence-electron chi connectivity index (χ4n) is 2.22. The maximum atomic E-state index is 7.45. The van der Waals surface area contributed by atoms with Gasteiger partial charge in [0.15, 0.2) is 0 Å². The Morgan fingerprint density at radius 3 is 2.81 bits per heavy atom. The minimum Gasteiger partial charge on any atom is -0.387 e. The minimum absolute atomic E-state index is 0.265. The van der Waals surface area contributed by atoms with E-state index in [4.69, 9.17) is 11.1 Å². The number of piperidine rings is 1. The molecule has 0 radical (unpaired) electrons. The summed E-state index contributed by atoms with van der Waals surface area (Å²) in [6.07, 6.45) is 5.78. The summed E-state index contributed by atoms with van der Waals surface area (Å²) >= 11 is 0. The van der Waals surface area contributed by atoms with Crippen LogP contribution in [0.15, 0.2) is 12.4 Å². The summed E-state index contributed by atoms with van der Waals surface area (Å²) in [5, 5.41) is 7.45. The summed E-state index contributed by atoms with van der Waals surface area (Å²) in [5.74, 6) is 1.64. The number of hydrogen-bond donors (Lipinski definition) is 2. The van der Waals surface area contributed by atoms with E-state index in [-0.39, 0.29) is 5.92 Å². The number of nitrogens with one attached hydrogen (secondary N) is 1. The zero-order chi connectivity index (χ0) is 11.5. The molecule has 0 aliphatic carbocycles. The Balaban J connectivity index is 2.01. The molecule has 0 atom stereocenters. The molecular formula is C11H19N5. The van der Waals surface area contributed by atoms with Crippen LogP contribution in [-0.2, 0) is 6.54 Å². The number of amidine groups is 1. The topological polar surface area (TPSA) is 70.9 Å². The highest BCUT2D eigenvalue weighted by molar-refractivity contribution is 5.79. The van der Waals surface area contributed by atoms with Gasteiger partial charge in [0.05, 0.1) is 5.84 Å². The number of imidazole rings is 1. The zero-order valence-electron chi connectivity index (χ0n) is 9.69. The number of anilines is 1. The first-order chi connectivity index (χ1) is 7.72. The van der Waals surface area contributed by atoms with Gasteiger partial charge < -0.3 is 15.2 Å². The van der Waals surface area contributed by atoms with E-state index in [1.807, 2.05) is 12.4 Å². The van der Waals surface area contributed by atoms with Gasteiger partial charge >= 0.3 is 0 Å². The Morgan fingerprint density at radius 1 is 1.56 bits per heavy atom. The monoisotopic (exact) mass is 221 g/mol. The van der Waals surface area contributed by atoms with E-state index in [1.54, 1.807) is 0 Å². The molecule has 3 N–H and O–H groups in total. The lowest BCUT2D eigenvalue weighted by atomic mass is 9.96. The Morgan fingerprint density at radius 2 is 2.25 bits per heavy atom. The van der Waals surface area contributed by atoms with Gasteiger partial charge in [-0.15, -0.1) is 0 Å². The summed E-state index contributed by atoms with van der Waals surface area (Å²) in [5.41, 5.74) is 5.53. The first-order valence-electron chi connectivity index (χ1n) is 5.82. The van der Waals surface area contributed by atoms with Gasteiger partial charge in [-0.1, -0.05) is 0 Å². The van der Waals surface area contributed by atoms with Gasteiger partial charge in [0.25, 0.3) is 0 Å². The van der Waals surface area contributed by atoms with Gasteiger partial charge in [0, 0.05) is 37.9 Å². The second-order valence-electron chi connectivity index (χ2n) is 4.23. The van der Waals surface area contributed by atoms with E-state index >= 15 is 0 Å². The van der Waals surface area contributed by atoms with E-state index in [0.717, 1.165) is 38.4 Å². The highest BCUT2D eigenvalue weighted by Gasteiger charge is 2.23. The molecule has 2 heterocycles. The van der Waals surface area contributed by atoms with Crippen LogP contribution in [0, 0.1) is 11.3 Å². The van der Waals surface area contributed by atoms with Crippen LogP contribution in [0.4, 0.5) is 5.95 Å². The SMILES string of the molecule is CCn1ccnc1N1CCC(C(=N)N)CC1. The molecule has 0 saturated carbocycles. The molecule has 1 aromatic rings. The molecule has 2 rings (SSSR count). The molecule has 1 saturated heterocycles. The van der Waals surface area contributed by atoms with Gasteiger partial charge in [-0.2, -0.15) is 0 Å². The van der Waals surface area contributed by atoms with Gasteiger partial charge in [0.1, 0.15) is 0 Å². The van der Waals surface area contributed by atoms with Gasteiger partial charge in [-0.05, 0) is 19.8 Å². The number of nitrogens with two attached hydrogens (primary N) is 1. The third kappa shape index (κ3) is 2.03. The summed E-state index contributed by atoms with van der Waals surface area (Å²) in [6.45, 7) is 4.96. The Bertz CT molecular complexity index is 362. The van der Waals surface area contributed by atoms with Crippen molar-refractivity contribution in [1.29, 1.82) is 5.41 Å². The van der Waals surface area contributed by atoms with Crippen molar-refractivity contribution in [1.82, 2.24) is 9.55 Å². The Hall–Kier alpha value is -1.52. The normalized spacial score (nSPS) is 17.7. The molecule has 5 heteroatoms. The van der Waals surface area contributed by atoms with Crippen molar-refractivity contribution in [3.05, 3.63) is 12.4 Å². The average Bonchev–Trinajstić information content (AvgIpc) is 2.77. The highest BCUT2D eigenvalue weighted by atomic mass is 15.3. The second kappa shape index (κ2) is 4.55. The van der Waals surface area contributed by atoms with Crippen molar-refractivity contribution in [3.63, 3.8) is 0 Å². The Labute approximate surface area is 95.8 Å². The van der Waals surface area contributed by atoms with E-state index in [1.165, 1.54) is 0 Å². The van der Waals surface area contributed by atoms with Crippen LogP contribution in [0.3, 0.4) is 0 Å². The summed E-state index contributed by atoms with van der Waals surface area (Å²) in [4.78, 5) is 6.67. The maximum Gasteiger partial charge on any atom is 0.205 e. The van der Waals surface area contributed by atoms with Gasteiger partial charge in [0.2, 0.25) is 5.95 Å². The zero-order valence-corrected chi connectivity index (χ0v) is 9.69. The van der Waals surface area contributed by atoms with E-state index in [0.29, 0.717) is 5.84 Å². The summed E-state index contributed by atoms with van der Waals surface area (Å²) < 4.78 is 2.15. The fraction of sp³-hybridized carbons (Fsp3) is 0.636. The first kappa shape index (κ1) is 11.0. The van der Waals surface area contributed by atoms with Crippen LogP contribution < -0.4 is 10.6 Å². The molecular weight excluding hydrogens is 202 g/mol. The molecule has 0 aromatic carbocycles. The van der Waals surface area contributed by atoms with E-state index in [2.05, 4.69) is 21.4 Å². The van der Waals surface area contributed by atoms with Crippen LogP contribution in [-0.4, -0.2) is 28.5 Å². The number of rotatable bonds is 3. The second-order valence-corrected chi connectivity index (χ2v) is 4.23. The van der Waals surface area contributed by atoms with Crippen molar-refractivity contribution in [2.45, 2.75) is 26.3 Å². The number of nitrogens with zero attached hydrogens (tertiary/aromatic N) is 3. The molecule has 88 valence electrons. The van der Waals surface area contributed by atoms with Gasteiger partial charge in [-0.3, -0.25) is 5.41 Å². The summed E-state index contributed by atoms with van der Waals surface area (Å²) in [6, 6.07) is 0. The molecule has 16 heavy (non-hydrogen) atoms. The van der Waals surface area contributed by atoms with Crippen LogP contribution >= 0.6 is 0 Å². The number of hydrogen-bond acceptors (Lipinski definition) is 3. The first-order valence-corrected chi connectivity index (χ1v) is 5.82. The largest absolute Gasteiger partial charge is 0.387 e. The molecule has 0 bridgehead atoms. The van der Waals surface area contributed by atoms with E-state index < -0.39 is 0 Å². The smallest absolute Gasteiger partial charge is 0.205 e. The quantitative estimate of drug-likeness (QED) is 0.592. The van der Waals surface area contributed by atoms with Crippen LogP contribution in [0.1, 0.15) is 19.8 Å². The molecule has 1 aliphatic rings. The molecule has 0 spiro atoms. The van der Waals surface area contributed by atoms with E-state index in [9.17, 15) is 0 Å². The predicted octanol–water partition coefficient (Wildman–Crippen LogP) is 1.06. The molecule has 1 aromatic heterocycles. The lowest BCUT2D eigenvalue weighted by Crippen LogP contribution is -2.39. The Kier molecular flexibility index (Phi) is 3.12. The van der Waals surface area contributed by atoms with Crippen molar-refractivity contribution >= 4 is 11.8 Å². The predicted molar refractivity (Wildman–Crippen MR) is 64.8 cm³/mol.